The van der Waals surface area contributed by atoms with E-state index in [1.54, 1.807) is 6.26 Å². The van der Waals surface area contributed by atoms with Crippen molar-refractivity contribution in [3.8, 4) is 0 Å². The average molecular weight is 444 g/mol. The molecule has 30 heavy (non-hydrogen) atoms. The number of carbonyl (C=O) groups is 1. The summed E-state index contributed by atoms with van der Waals surface area (Å²) in [4.78, 5) is 17.2. The van der Waals surface area contributed by atoms with Gasteiger partial charge in [-0.15, -0.1) is 10.2 Å². The van der Waals surface area contributed by atoms with Crippen LogP contribution in [0.25, 0.3) is 0 Å². The predicted molar refractivity (Wildman–Crippen MR) is 120 cm³/mol. The molecule has 158 valence electrons. The topological polar surface area (TPSA) is 74.5 Å². The monoisotopic (exact) mass is 443 g/mol. The van der Waals surface area contributed by atoms with E-state index in [0.29, 0.717) is 6.54 Å². The van der Waals surface area contributed by atoms with Crippen LogP contribution >= 0.6 is 23.1 Å². The molecule has 2 aromatic heterocycles. The van der Waals surface area contributed by atoms with Gasteiger partial charge in [-0.2, -0.15) is 0 Å². The van der Waals surface area contributed by atoms with Crippen LogP contribution < -0.4 is 5.32 Å². The highest BCUT2D eigenvalue weighted by molar-refractivity contribution is 8.02. The summed E-state index contributed by atoms with van der Waals surface area (Å²) >= 11 is 2.93. The highest BCUT2D eigenvalue weighted by atomic mass is 32.2. The Bertz CT molecular complexity index is 924. The zero-order chi connectivity index (χ0) is 20.8. The molecule has 1 aliphatic rings. The Balaban J connectivity index is 1.22. The molecule has 7 nitrogen and oxygen atoms in total. The number of thioether (sulfide) groups is 1. The van der Waals surface area contributed by atoms with Crippen LogP contribution in [0, 0.1) is 0 Å². The Morgan fingerprint density at radius 2 is 1.97 bits per heavy atom. The maximum Gasteiger partial charge on any atom is 0.235 e. The van der Waals surface area contributed by atoms with Gasteiger partial charge in [-0.3, -0.25) is 9.69 Å². The molecule has 0 spiro atoms. The van der Waals surface area contributed by atoms with E-state index in [4.69, 9.17) is 4.42 Å². The van der Waals surface area contributed by atoms with Crippen LogP contribution in [0.1, 0.15) is 18.2 Å². The molecule has 3 aromatic rings. The molecule has 1 aliphatic heterocycles. The smallest absolute Gasteiger partial charge is 0.235 e. The number of nitrogens with zero attached hydrogens (tertiary/aromatic N) is 4. The van der Waals surface area contributed by atoms with Gasteiger partial charge in [-0.25, -0.2) is 0 Å². The lowest BCUT2D eigenvalue weighted by molar-refractivity contribution is -0.132. The van der Waals surface area contributed by atoms with Crippen LogP contribution in [0.15, 0.2) is 57.5 Å². The summed E-state index contributed by atoms with van der Waals surface area (Å²) in [6.45, 7) is 6.78. The first kappa shape index (κ1) is 20.9. The Hall–Kier alpha value is -2.36. The van der Waals surface area contributed by atoms with Crippen molar-refractivity contribution in [3.05, 3.63) is 60.1 Å². The third-order valence-electron chi connectivity index (χ3n) is 4.96. The number of furan rings is 1. The van der Waals surface area contributed by atoms with Gasteiger partial charge in [0, 0.05) is 32.7 Å². The van der Waals surface area contributed by atoms with E-state index in [9.17, 15) is 4.79 Å². The fourth-order valence-electron chi connectivity index (χ4n) is 3.33. The Kier molecular flexibility index (Phi) is 7.03. The Morgan fingerprint density at radius 1 is 1.17 bits per heavy atom. The quantitative estimate of drug-likeness (QED) is 0.534. The zero-order valence-electron chi connectivity index (χ0n) is 16.9. The lowest BCUT2D eigenvalue weighted by Crippen LogP contribution is -2.50. The fourth-order valence-corrected chi connectivity index (χ4v) is 5.31. The number of carbonyl (C=O) groups excluding carboxylic acids is 1. The fraction of sp³-hybridized carbons (Fsp3) is 0.381. The maximum absolute atomic E-state index is 12.9. The van der Waals surface area contributed by atoms with E-state index in [2.05, 4.69) is 44.7 Å². The third-order valence-corrected chi connectivity index (χ3v) is 7.01. The third kappa shape index (κ3) is 5.62. The second-order valence-electron chi connectivity index (χ2n) is 7.15. The highest BCUT2D eigenvalue weighted by Crippen LogP contribution is 2.30. The Morgan fingerprint density at radius 3 is 2.70 bits per heavy atom. The van der Waals surface area contributed by atoms with Gasteiger partial charge in [0.1, 0.15) is 5.76 Å². The SMILES string of the molecule is C[C@@H](Sc1nnc(NCc2ccco2)s1)C(=O)N1CCN(Cc2ccccc2)CC1. The largest absolute Gasteiger partial charge is 0.467 e. The van der Waals surface area contributed by atoms with Crippen LogP contribution in [0.4, 0.5) is 5.13 Å². The number of benzene rings is 1. The molecule has 1 amide bonds. The maximum atomic E-state index is 12.9. The van der Waals surface area contributed by atoms with Crippen molar-refractivity contribution < 1.29 is 9.21 Å². The number of amides is 1. The van der Waals surface area contributed by atoms with Crippen LogP contribution in [0.5, 0.6) is 0 Å². The van der Waals surface area contributed by atoms with Crippen LogP contribution in [-0.4, -0.2) is 57.3 Å². The number of rotatable bonds is 8. The minimum absolute atomic E-state index is 0.166. The van der Waals surface area contributed by atoms with Gasteiger partial charge in [-0.05, 0) is 24.6 Å². The lowest BCUT2D eigenvalue weighted by atomic mass is 10.2. The summed E-state index contributed by atoms with van der Waals surface area (Å²) in [5.41, 5.74) is 1.31. The summed E-state index contributed by atoms with van der Waals surface area (Å²) in [5.74, 6) is 1.01. The van der Waals surface area contributed by atoms with Gasteiger partial charge in [0.25, 0.3) is 0 Å². The predicted octanol–water partition coefficient (Wildman–Crippen LogP) is 3.57. The van der Waals surface area contributed by atoms with Crippen molar-refractivity contribution in [1.29, 1.82) is 0 Å². The molecule has 4 rings (SSSR count). The number of anilines is 1. The first-order valence-corrected chi connectivity index (χ1v) is 11.7. The van der Waals surface area contributed by atoms with Gasteiger partial charge in [0.2, 0.25) is 11.0 Å². The minimum Gasteiger partial charge on any atom is -0.467 e. The van der Waals surface area contributed by atoms with Gasteiger partial charge < -0.3 is 14.6 Å². The first-order valence-electron chi connectivity index (χ1n) is 9.99. The van der Waals surface area contributed by atoms with Crippen LogP contribution in [0.2, 0.25) is 0 Å². The van der Waals surface area contributed by atoms with E-state index >= 15 is 0 Å². The lowest BCUT2D eigenvalue weighted by Gasteiger charge is -2.35. The van der Waals surface area contributed by atoms with Gasteiger partial charge in [0.05, 0.1) is 18.1 Å². The van der Waals surface area contributed by atoms with E-state index in [-0.39, 0.29) is 11.2 Å². The van der Waals surface area contributed by atoms with Crippen molar-refractivity contribution in [2.75, 3.05) is 31.5 Å². The van der Waals surface area contributed by atoms with E-state index in [1.165, 1.54) is 28.7 Å². The van der Waals surface area contributed by atoms with E-state index in [1.807, 2.05) is 30.0 Å². The molecule has 0 aliphatic carbocycles. The van der Waals surface area contributed by atoms with Crippen molar-refractivity contribution in [1.82, 2.24) is 20.0 Å². The van der Waals surface area contributed by atoms with Crippen molar-refractivity contribution in [2.45, 2.75) is 29.6 Å². The molecule has 9 heteroatoms. The van der Waals surface area contributed by atoms with E-state index in [0.717, 1.165) is 48.0 Å². The van der Waals surface area contributed by atoms with Crippen LogP contribution in [0.3, 0.4) is 0 Å². The number of hydrogen-bond donors (Lipinski definition) is 1. The van der Waals surface area contributed by atoms with E-state index < -0.39 is 0 Å². The number of aromatic nitrogens is 2. The standard InChI is InChI=1S/C21H25N5O2S2/c1-16(29-21-24-23-20(30-21)22-14-18-8-5-13-28-18)19(27)26-11-9-25(10-12-26)15-17-6-3-2-4-7-17/h2-8,13,16H,9-12,14-15H2,1H3,(H,22,23)/t16-/m1/s1. The van der Waals surface area contributed by atoms with Crippen molar-refractivity contribution in [2.24, 2.45) is 0 Å². The molecule has 1 saturated heterocycles. The molecular formula is C21H25N5O2S2. The normalized spacial score (nSPS) is 15.8. The van der Waals surface area contributed by atoms with Gasteiger partial charge in [-0.1, -0.05) is 53.4 Å². The summed E-state index contributed by atoms with van der Waals surface area (Å²) in [6.07, 6.45) is 1.65. The second kappa shape index (κ2) is 10.1. The summed E-state index contributed by atoms with van der Waals surface area (Å²) < 4.78 is 6.09. The molecule has 1 atom stereocenters. The average Bonchev–Trinajstić information content (AvgIpc) is 3.45. The van der Waals surface area contributed by atoms with Gasteiger partial charge in [0.15, 0.2) is 4.34 Å². The zero-order valence-corrected chi connectivity index (χ0v) is 18.5. The van der Waals surface area contributed by atoms with Crippen molar-refractivity contribution >= 4 is 34.1 Å². The summed E-state index contributed by atoms with van der Waals surface area (Å²) in [5, 5.41) is 12.1. The molecule has 0 saturated carbocycles. The highest BCUT2D eigenvalue weighted by Gasteiger charge is 2.26. The Labute approximate surface area is 184 Å². The molecule has 1 fully saturated rings. The second-order valence-corrected chi connectivity index (χ2v) is 9.72. The first-order chi connectivity index (χ1) is 14.7. The number of nitrogens with one attached hydrogen (secondary N) is 1. The molecule has 1 N–H and O–H groups in total. The molecule has 0 bridgehead atoms. The summed E-state index contributed by atoms with van der Waals surface area (Å²) in [7, 11) is 0. The summed E-state index contributed by atoms with van der Waals surface area (Å²) in [6, 6.07) is 14.2. The van der Waals surface area contributed by atoms with Crippen molar-refractivity contribution in [3.63, 3.8) is 0 Å². The molecule has 3 heterocycles. The van der Waals surface area contributed by atoms with Gasteiger partial charge >= 0.3 is 0 Å². The minimum atomic E-state index is -0.184. The molecule has 0 unspecified atom stereocenters. The van der Waals surface area contributed by atoms with Crippen LogP contribution in [-0.2, 0) is 17.9 Å². The molecule has 0 radical (unpaired) electrons. The number of piperazine rings is 1. The molecular weight excluding hydrogens is 418 g/mol. The molecule has 1 aromatic carbocycles. The number of hydrogen-bond acceptors (Lipinski definition) is 8.